The van der Waals surface area contributed by atoms with Gasteiger partial charge in [0.2, 0.25) is 6.10 Å². The monoisotopic (exact) mass is 393 g/mol. The Morgan fingerprint density at radius 2 is 1.66 bits per heavy atom. The van der Waals surface area contributed by atoms with Crippen LogP contribution in [0.1, 0.15) is 47.6 Å². The molecule has 0 aromatic heterocycles. The molecule has 0 heterocycles. The average molecular weight is 393 g/mol. The SMILES string of the molecule is CCOC(=O)C(Cc1ccccc1)OC(=O)Nc1c2c(cc3c1CCC3)CCC2. The highest BCUT2D eigenvalue weighted by atomic mass is 16.6. The molecule has 2 aliphatic carbocycles. The van der Waals surface area contributed by atoms with Gasteiger partial charge in [-0.15, -0.1) is 0 Å². The van der Waals surface area contributed by atoms with E-state index in [-0.39, 0.29) is 13.0 Å². The topological polar surface area (TPSA) is 64.6 Å². The molecule has 0 saturated carbocycles. The van der Waals surface area contributed by atoms with E-state index in [1.807, 2.05) is 30.3 Å². The van der Waals surface area contributed by atoms with Crippen LogP contribution < -0.4 is 5.32 Å². The Morgan fingerprint density at radius 3 is 2.28 bits per heavy atom. The van der Waals surface area contributed by atoms with E-state index in [1.54, 1.807) is 6.92 Å². The molecule has 29 heavy (non-hydrogen) atoms. The van der Waals surface area contributed by atoms with Gasteiger partial charge in [0.05, 0.1) is 12.3 Å². The molecule has 0 fully saturated rings. The summed E-state index contributed by atoms with van der Waals surface area (Å²) in [6, 6.07) is 11.8. The van der Waals surface area contributed by atoms with Crippen molar-refractivity contribution in [2.75, 3.05) is 11.9 Å². The van der Waals surface area contributed by atoms with E-state index >= 15 is 0 Å². The Kier molecular flexibility index (Phi) is 5.84. The Labute approximate surface area is 171 Å². The van der Waals surface area contributed by atoms with Gasteiger partial charge in [-0.1, -0.05) is 36.4 Å². The lowest BCUT2D eigenvalue weighted by atomic mass is 9.99. The normalized spacial score (nSPS) is 15.3. The van der Waals surface area contributed by atoms with Crippen molar-refractivity contribution < 1.29 is 19.1 Å². The molecule has 2 aromatic carbocycles. The number of ether oxygens (including phenoxy) is 2. The second-order valence-corrected chi connectivity index (χ2v) is 7.69. The van der Waals surface area contributed by atoms with E-state index in [4.69, 9.17) is 9.47 Å². The maximum Gasteiger partial charge on any atom is 0.412 e. The van der Waals surface area contributed by atoms with Crippen molar-refractivity contribution in [3.8, 4) is 0 Å². The molecule has 5 nitrogen and oxygen atoms in total. The van der Waals surface area contributed by atoms with Gasteiger partial charge in [-0.2, -0.15) is 0 Å². The molecule has 1 amide bonds. The minimum Gasteiger partial charge on any atom is -0.463 e. The minimum absolute atomic E-state index is 0.245. The summed E-state index contributed by atoms with van der Waals surface area (Å²) < 4.78 is 10.7. The number of rotatable bonds is 6. The van der Waals surface area contributed by atoms with E-state index in [1.165, 1.54) is 22.3 Å². The number of hydrogen-bond acceptors (Lipinski definition) is 4. The van der Waals surface area contributed by atoms with Gasteiger partial charge in [-0.3, -0.25) is 5.32 Å². The van der Waals surface area contributed by atoms with Crippen LogP contribution in [0, 0.1) is 0 Å². The maximum absolute atomic E-state index is 12.8. The van der Waals surface area contributed by atoms with Gasteiger partial charge in [0.1, 0.15) is 0 Å². The summed E-state index contributed by atoms with van der Waals surface area (Å²) in [5, 5.41) is 2.99. The lowest BCUT2D eigenvalue weighted by Gasteiger charge is -2.19. The molecule has 4 rings (SSSR count). The summed E-state index contributed by atoms with van der Waals surface area (Å²) in [4.78, 5) is 25.2. The average Bonchev–Trinajstić information content (AvgIpc) is 3.37. The van der Waals surface area contributed by atoms with Crippen LogP contribution in [-0.4, -0.2) is 24.8 Å². The molecule has 2 aromatic rings. The van der Waals surface area contributed by atoms with Crippen LogP contribution in [0.2, 0.25) is 0 Å². The number of esters is 1. The number of carbonyl (C=O) groups excluding carboxylic acids is 2. The van der Waals surface area contributed by atoms with E-state index < -0.39 is 18.2 Å². The van der Waals surface area contributed by atoms with Crippen molar-refractivity contribution in [2.45, 2.75) is 58.0 Å². The van der Waals surface area contributed by atoms with E-state index in [2.05, 4.69) is 11.4 Å². The first-order valence-electron chi connectivity index (χ1n) is 10.5. The highest BCUT2D eigenvalue weighted by Crippen LogP contribution is 2.38. The number of benzene rings is 2. The standard InChI is InChI=1S/C24H27NO4/c1-2-28-23(26)21(14-16-8-4-3-5-9-16)29-24(27)25-22-19-12-6-10-17(19)15-18-11-7-13-20(18)22/h3-5,8-9,15,21H,2,6-7,10-14H2,1H3,(H,25,27). The molecule has 0 bridgehead atoms. The molecule has 1 N–H and O–H groups in total. The molecule has 0 radical (unpaired) electrons. The molecule has 152 valence electrons. The highest BCUT2D eigenvalue weighted by Gasteiger charge is 2.28. The van der Waals surface area contributed by atoms with Gasteiger partial charge in [-0.25, -0.2) is 9.59 Å². The second kappa shape index (κ2) is 8.68. The maximum atomic E-state index is 12.8. The summed E-state index contributed by atoms with van der Waals surface area (Å²) in [5.41, 5.74) is 6.98. The molecule has 0 spiro atoms. The zero-order chi connectivity index (χ0) is 20.2. The van der Waals surface area contributed by atoms with Gasteiger partial charge in [-0.05, 0) is 73.3 Å². The fraction of sp³-hybridized carbons (Fsp3) is 0.417. The highest BCUT2D eigenvalue weighted by molar-refractivity contribution is 5.90. The number of anilines is 1. The Bertz CT molecular complexity index is 875. The van der Waals surface area contributed by atoms with E-state index in [0.29, 0.717) is 0 Å². The lowest BCUT2D eigenvalue weighted by molar-refractivity contribution is -0.152. The van der Waals surface area contributed by atoms with Gasteiger partial charge < -0.3 is 9.47 Å². The second-order valence-electron chi connectivity index (χ2n) is 7.69. The third kappa shape index (κ3) is 4.29. The first-order chi connectivity index (χ1) is 14.2. The quantitative estimate of drug-likeness (QED) is 0.740. The predicted octanol–water partition coefficient (Wildman–Crippen LogP) is 4.39. The number of hydrogen-bond donors (Lipinski definition) is 1. The Morgan fingerprint density at radius 1 is 1.00 bits per heavy atom. The van der Waals surface area contributed by atoms with Gasteiger partial charge in [0.15, 0.2) is 0 Å². The lowest BCUT2D eigenvalue weighted by Crippen LogP contribution is -2.33. The third-order valence-electron chi connectivity index (χ3n) is 5.76. The van der Waals surface area contributed by atoms with Crippen molar-refractivity contribution in [3.63, 3.8) is 0 Å². The number of carbonyl (C=O) groups is 2. The van der Waals surface area contributed by atoms with Crippen molar-refractivity contribution in [1.82, 2.24) is 0 Å². The first kappa shape index (κ1) is 19.5. The predicted molar refractivity (Wildman–Crippen MR) is 111 cm³/mol. The Balaban J connectivity index is 1.52. The van der Waals surface area contributed by atoms with Gasteiger partial charge in [0.25, 0.3) is 0 Å². The van der Waals surface area contributed by atoms with Crippen LogP contribution in [0.3, 0.4) is 0 Å². The first-order valence-corrected chi connectivity index (χ1v) is 10.5. The molecule has 0 saturated heterocycles. The summed E-state index contributed by atoms with van der Waals surface area (Å²) in [5.74, 6) is -0.518. The van der Waals surface area contributed by atoms with E-state index in [0.717, 1.165) is 49.8 Å². The van der Waals surface area contributed by atoms with Crippen LogP contribution in [-0.2, 0) is 46.4 Å². The number of fused-ring (bicyclic) bond motifs is 2. The number of nitrogens with one attached hydrogen (secondary N) is 1. The zero-order valence-electron chi connectivity index (χ0n) is 16.8. The van der Waals surface area contributed by atoms with Crippen molar-refractivity contribution in [2.24, 2.45) is 0 Å². The molecule has 0 aliphatic heterocycles. The fourth-order valence-electron chi connectivity index (χ4n) is 4.46. The minimum atomic E-state index is -0.970. The summed E-state index contributed by atoms with van der Waals surface area (Å²) >= 11 is 0. The van der Waals surface area contributed by atoms with Gasteiger partial charge in [0, 0.05) is 6.42 Å². The Hall–Kier alpha value is -2.82. The zero-order valence-corrected chi connectivity index (χ0v) is 16.8. The molecule has 5 heteroatoms. The van der Waals surface area contributed by atoms with Crippen molar-refractivity contribution >= 4 is 17.7 Å². The summed E-state index contributed by atoms with van der Waals surface area (Å²) in [7, 11) is 0. The molecule has 1 atom stereocenters. The van der Waals surface area contributed by atoms with E-state index in [9.17, 15) is 9.59 Å². The van der Waals surface area contributed by atoms with Crippen LogP contribution in [0.5, 0.6) is 0 Å². The van der Waals surface area contributed by atoms with Crippen LogP contribution in [0.4, 0.5) is 10.5 Å². The van der Waals surface area contributed by atoms with Crippen molar-refractivity contribution in [3.05, 3.63) is 64.2 Å². The largest absolute Gasteiger partial charge is 0.463 e. The number of aryl methyl sites for hydroxylation is 2. The number of amides is 1. The van der Waals surface area contributed by atoms with Crippen LogP contribution >= 0.6 is 0 Å². The molecule has 2 aliphatic rings. The summed E-state index contributed by atoms with van der Waals surface area (Å²) in [6.45, 7) is 1.99. The molecular weight excluding hydrogens is 366 g/mol. The van der Waals surface area contributed by atoms with Crippen LogP contribution in [0.15, 0.2) is 36.4 Å². The molecule has 1 unspecified atom stereocenters. The van der Waals surface area contributed by atoms with Crippen molar-refractivity contribution in [1.29, 1.82) is 0 Å². The summed E-state index contributed by atoms with van der Waals surface area (Å²) in [6.07, 6.45) is 5.03. The van der Waals surface area contributed by atoms with Gasteiger partial charge >= 0.3 is 12.1 Å². The molecular formula is C24H27NO4. The van der Waals surface area contributed by atoms with Crippen LogP contribution in [0.25, 0.3) is 0 Å². The third-order valence-corrected chi connectivity index (χ3v) is 5.76. The fourth-order valence-corrected chi connectivity index (χ4v) is 4.46. The smallest absolute Gasteiger partial charge is 0.412 e.